The molecular weight excluding hydrogens is 812 g/mol. The summed E-state index contributed by atoms with van der Waals surface area (Å²) in [4.78, 5) is 0. The largest absolute Gasteiger partial charge is 0.394 e. The van der Waals surface area contributed by atoms with Crippen LogP contribution >= 0.6 is 0 Å². The summed E-state index contributed by atoms with van der Waals surface area (Å²) < 4.78 is 50.3. The van der Waals surface area contributed by atoms with E-state index in [0.717, 1.165) is 50.7 Å². The van der Waals surface area contributed by atoms with Crippen molar-refractivity contribution >= 4 is 0 Å². The van der Waals surface area contributed by atoms with Gasteiger partial charge in [0.1, 0.15) is 61.0 Å². The molecule has 3 saturated carbocycles. The molecule has 0 aromatic heterocycles. The summed E-state index contributed by atoms with van der Waals surface area (Å²) in [5.41, 5.74) is 0.900. The Labute approximate surface area is 363 Å². The van der Waals surface area contributed by atoms with Gasteiger partial charge in [-0.15, -0.1) is 0 Å². The van der Waals surface area contributed by atoms with Crippen molar-refractivity contribution in [1.82, 2.24) is 0 Å². The van der Waals surface area contributed by atoms with E-state index >= 15 is 0 Å². The Hall–Kier alpha value is -0.940. The number of ether oxygens (including phenoxy) is 8. The lowest BCUT2D eigenvalue weighted by molar-refractivity contribution is -0.393. The SMILES string of the molecule is C[C@@H]1CC[C@@]2(OC1)O[C@H]1C[C@H]3[C@@H]4[C@@H](O)C=C5C[C@@H](O[C@@H]6O[C@H](CO)[C@@H](O)[C@H](O[C@@H]7O[C@@H](C)[C@H](O)[C@@H](O)[C@H]7O)[C@H]6O[C@@H]6O[C@@H](C)[C@H](O)[C@@H](O)[C@H]6O)CC[C@]5(C)[C@H]4CC[C@]3(C)[C@H]1[C@@H]2C. The van der Waals surface area contributed by atoms with Gasteiger partial charge in [-0.05, 0) is 99.2 Å². The fraction of sp³-hybridized carbons (Fsp3) is 0.956. The Balaban J connectivity index is 0.952. The number of hydrogen-bond donors (Lipinski definition) is 9. The van der Waals surface area contributed by atoms with Crippen LogP contribution in [0.1, 0.15) is 92.9 Å². The van der Waals surface area contributed by atoms with Crippen molar-refractivity contribution in [3.63, 3.8) is 0 Å². The molecule has 0 amide bonds. The highest BCUT2D eigenvalue weighted by Gasteiger charge is 2.70. The first-order valence-electron chi connectivity index (χ1n) is 23.3. The number of rotatable bonds is 7. The molecule has 9 N–H and O–H groups in total. The Morgan fingerprint density at radius 1 is 0.677 bits per heavy atom. The van der Waals surface area contributed by atoms with Crippen LogP contribution in [-0.4, -0.2) is 175 Å². The summed E-state index contributed by atoms with van der Waals surface area (Å²) in [6, 6.07) is 0. The van der Waals surface area contributed by atoms with Gasteiger partial charge in [0.15, 0.2) is 24.7 Å². The normalized spacial score (nSPS) is 58.9. The molecule has 0 bridgehead atoms. The van der Waals surface area contributed by atoms with Crippen LogP contribution in [0.3, 0.4) is 0 Å². The average Bonchev–Trinajstić information content (AvgIpc) is 3.69. The van der Waals surface area contributed by atoms with Crippen molar-refractivity contribution in [2.24, 2.45) is 46.3 Å². The molecule has 0 aromatic carbocycles. The average molecular weight is 885 g/mol. The van der Waals surface area contributed by atoms with Gasteiger partial charge in [-0.25, -0.2) is 0 Å². The van der Waals surface area contributed by atoms with Crippen LogP contribution in [0.5, 0.6) is 0 Å². The quantitative estimate of drug-likeness (QED) is 0.155. The molecule has 4 aliphatic carbocycles. The van der Waals surface area contributed by atoms with Gasteiger partial charge in [0.25, 0.3) is 0 Å². The molecule has 27 atom stereocenters. The predicted molar refractivity (Wildman–Crippen MR) is 214 cm³/mol. The third-order valence-electron chi connectivity index (χ3n) is 17.7. The summed E-state index contributed by atoms with van der Waals surface area (Å²) in [5, 5.41) is 98.0. The van der Waals surface area contributed by atoms with E-state index in [-0.39, 0.29) is 34.7 Å². The molecule has 8 fully saturated rings. The maximum atomic E-state index is 12.2. The first-order valence-corrected chi connectivity index (χ1v) is 23.3. The molecule has 0 unspecified atom stereocenters. The van der Waals surface area contributed by atoms with E-state index in [1.165, 1.54) is 13.8 Å². The van der Waals surface area contributed by atoms with E-state index in [1.807, 2.05) is 6.08 Å². The molecule has 9 aliphatic rings. The lowest BCUT2D eigenvalue weighted by Crippen LogP contribution is -2.67. The van der Waals surface area contributed by atoms with Crippen molar-refractivity contribution in [2.75, 3.05) is 13.2 Å². The van der Waals surface area contributed by atoms with Crippen molar-refractivity contribution in [3.8, 4) is 0 Å². The molecule has 9 rings (SSSR count). The van der Waals surface area contributed by atoms with Crippen LogP contribution < -0.4 is 0 Å². The minimum Gasteiger partial charge on any atom is -0.394 e. The summed E-state index contributed by atoms with van der Waals surface area (Å²) in [7, 11) is 0. The fourth-order valence-corrected chi connectivity index (χ4v) is 14.0. The minimum atomic E-state index is -1.76. The first kappa shape index (κ1) is 46.2. The molecule has 5 saturated heterocycles. The van der Waals surface area contributed by atoms with Gasteiger partial charge < -0.3 is 83.9 Å². The van der Waals surface area contributed by atoms with E-state index < -0.39 is 117 Å². The molecule has 5 heterocycles. The number of fused-ring (bicyclic) bond motifs is 7. The van der Waals surface area contributed by atoms with Crippen molar-refractivity contribution in [1.29, 1.82) is 0 Å². The van der Waals surface area contributed by atoms with Crippen LogP contribution in [0.25, 0.3) is 0 Å². The maximum Gasteiger partial charge on any atom is 0.187 e. The maximum absolute atomic E-state index is 12.2. The summed E-state index contributed by atoms with van der Waals surface area (Å²) in [5.74, 6) is 1.26. The Bertz CT molecular complexity index is 1630. The Kier molecular flexibility index (Phi) is 12.7. The second-order valence-corrected chi connectivity index (χ2v) is 21.2. The van der Waals surface area contributed by atoms with E-state index in [2.05, 4.69) is 27.7 Å². The van der Waals surface area contributed by atoms with Crippen LogP contribution in [0.2, 0.25) is 0 Å². The zero-order valence-electron chi connectivity index (χ0n) is 36.8. The van der Waals surface area contributed by atoms with E-state index in [9.17, 15) is 46.0 Å². The molecule has 0 aromatic rings. The number of aliphatic hydroxyl groups excluding tert-OH is 9. The van der Waals surface area contributed by atoms with Crippen LogP contribution in [0, 0.1) is 46.3 Å². The summed E-state index contributed by atoms with van der Waals surface area (Å²) in [6.07, 6.45) is -14.4. The van der Waals surface area contributed by atoms with Crippen LogP contribution in [0.15, 0.2) is 11.6 Å². The lowest BCUT2D eigenvalue weighted by Gasteiger charge is -2.59. The van der Waals surface area contributed by atoms with Gasteiger partial charge in [0.05, 0.1) is 43.7 Å². The van der Waals surface area contributed by atoms with E-state index in [4.69, 9.17) is 37.9 Å². The summed E-state index contributed by atoms with van der Waals surface area (Å²) >= 11 is 0. The highest BCUT2D eigenvalue weighted by Crippen LogP contribution is 2.70. The highest BCUT2D eigenvalue weighted by atomic mass is 16.8. The third-order valence-corrected chi connectivity index (χ3v) is 17.7. The molecular formula is C45H72O17. The van der Waals surface area contributed by atoms with Crippen molar-refractivity contribution < 1.29 is 83.9 Å². The molecule has 5 aliphatic heterocycles. The predicted octanol–water partition coefficient (Wildman–Crippen LogP) is 0.213. The second kappa shape index (κ2) is 17.0. The lowest BCUT2D eigenvalue weighted by atomic mass is 9.46. The number of aliphatic hydroxyl groups is 9. The molecule has 17 nitrogen and oxygen atoms in total. The second-order valence-electron chi connectivity index (χ2n) is 21.2. The molecule has 0 radical (unpaired) electrons. The fourth-order valence-electron chi connectivity index (χ4n) is 14.0. The van der Waals surface area contributed by atoms with Gasteiger partial charge in [0, 0.05) is 12.3 Å². The van der Waals surface area contributed by atoms with E-state index in [0.29, 0.717) is 30.6 Å². The van der Waals surface area contributed by atoms with Gasteiger partial charge in [0.2, 0.25) is 0 Å². The third kappa shape index (κ3) is 7.40. The smallest absolute Gasteiger partial charge is 0.187 e. The number of hydrogen-bond acceptors (Lipinski definition) is 17. The first-order chi connectivity index (χ1) is 29.3. The van der Waals surface area contributed by atoms with Gasteiger partial charge in [-0.1, -0.05) is 39.3 Å². The summed E-state index contributed by atoms with van der Waals surface area (Å²) in [6.45, 7) is 12.3. The zero-order chi connectivity index (χ0) is 44.4. The Morgan fingerprint density at radius 2 is 1.32 bits per heavy atom. The standard InChI is InChI=1S/C45H72O17/c1-18-7-12-45(55-17-18)19(2)30-27(62-45)15-25-29-24(9-11-44(25,30)6)43(5)10-8-23(13-22(43)14-26(29)47)58-42-39(61-41-37(54)35(52)32(49)21(4)57-41)38(33(50)28(16-46)59-42)60-40-36(53)34(51)31(48)20(3)56-40/h14,18-21,23-42,46-54H,7-13,15-17H2,1-6H3/t18-,19+,20+,21+,23+,24+,25+,26+,27+,28-,29-,30+,31+,32+,33-,34-,35-,36-,37-,38+,39-,40+,41+,42-,43+,44+,45-/m1/s1. The van der Waals surface area contributed by atoms with Crippen molar-refractivity contribution in [2.45, 2.75) is 209 Å². The van der Waals surface area contributed by atoms with Crippen LogP contribution in [-0.2, 0) is 37.9 Å². The topological polar surface area (TPSA) is 256 Å². The molecule has 17 heteroatoms. The molecule has 62 heavy (non-hydrogen) atoms. The minimum absolute atomic E-state index is 0.0140. The molecule has 354 valence electrons. The van der Waals surface area contributed by atoms with Crippen molar-refractivity contribution in [3.05, 3.63) is 11.6 Å². The van der Waals surface area contributed by atoms with Gasteiger partial charge >= 0.3 is 0 Å². The monoisotopic (exact) mass is 884 g/mol. The zero-order valence-corrected chi connectivity index (χ0v) is 36.8. The highest BCUT2D eigenvalue weighted by molar-refractivity contribution is 5.29. The van der Waals surface area contributed by atoms with Crippen LogP contribution in [0.4, 0.5) is 0 Å². The molecule has 1 spiro atoms. The van der Waals surface area contributed by atoms with E-state index in [1.54, 1.807) is 0 Å². The van der Waals surface area contributed by atoms with Gasteiger partial charge in [-0.2, -0.15) is 0 Å². The van der Waals surface area contributed by atoms with Gasteiger partial charge in [-0.3, -0.25) is 0 Å². The Morgan fingerprint density at radius 3 is 1.94 bits per heavy atom.